The van der Waals surface area contributed by atoms with Crippen molar-refractivity contribution in [2.75, 3.05) is 5.32 Å². The summed E-state index contributed by atoms with van der Waals surface area (Å²) in [6, 6.07) is 9.67. The van der Waals surface area contributed by atoms with Crippen LogP contribution in [-0.2, 0) is 4.79 Å². The molecule has 4 heterocycles. The number of anilines is 1. The SMILES string of the molecule is Cc1ccc(C2C3=C(CCCC3=O)Nc3c2c(C)nn3-c2ccccn2)o1. The Bertz CT molecular complexity index is 1080. The van der Waals surface area contributed by atoms with Crippen molar-refractivity contribution < 1.29 is 9.21 Å². The van der Waals surface area contributed by atoms with Gasteiger partial charge in [0.1, 0.15) is 17.3 Å². The highest BCUT2D eigenvalue weighted by molar-refractivity contribution is 6.01. The fraction of sp³-hybridized carbons (Fsp3) is 0.286. The van der Waals surface area contributed by atoms with E-state index in [0.717, 1.165) is 58.5 Å². The molecule has 3 aromatic heterocycles. The van der Waals surface area contributed by atoms with Crippen LogP contribution in [0.5, 0.6) is 0 Å². The highest BCUT2D eigenvalue weighted by Crippen LogP contribution is 2.47. The normalized spacial score (nSPS) is 18.9. The number of fused-ring (bicyclic) bond motifs is 1. The van der Waals surface area contributed by atoms with Crippen LogP contribution in [0.2, 0.25) is 0 Å². The second-order valence-electron chi connectivity index (χ2n) is 7.12. The van der Waals surface area contributed by atoms with Gasteiger partial charge < -0.3 is 9.73 Å². The number of aryl methyl sites for hydroxylation is 2. The molecule has 1 aliphatic carbocycles. The van der Waals surface area contributed by atoms with Crippen LogP contribution < -0.4 is 5.32 Å². The molecule has 0 spiro atoms. The Morgan fingerprint density at radius 2 is 2.07 bits per heavy atom. The predicted molar refractivity (Wildman–Crippen MR) is 101 cm³/mol. The van der Waals surface area contributed by atoms with Gasteiger partial charge in [-0.3, -0.25) is 4.79 Å². The third kappa shape index (κ3) is 2.44. The summed E-state index contributed by atoms with van der Waals surface area (Å²) in [4.78, 5) is 17.3. The maximum absolute atomic E-state index is 12.8. The van der Waals surface area contributed by atoms with Gasteiger partial charge in [-0.05, 0) is 51.0 Å². The van der Waals surface area contributed by atoms with Crippen LogP contribution in [0.3, 0.4) is 0 Å². The Balaban J connectivity index is 1.76. The van der Waals surface area contributed by atoms with Crippen LogP contribution in [0, 0.1) is 13.8 Å². The Kier molecular flexibility index (Phi) is 3.53. The van der Waals surface area contributed by atoms with Crippen LogP contribution >= 0.6 is 0 Å². The Labute approximate surface area is 156 Å². The largest absolute Gasteiger partial charge is 0.465 e. The quantitative estimate of drug-likeness (QED) is 0.747. The summed E-state index contributed by atoms with van der Waals surface area (Å²) in [6.45, 7) is 3.90. The van der Waals surface area contributed by atoms with Crippen molar-refractivity contribution in [3.63, 3.8) is 0 Å². The molecule has 0 bridgehead atoms. The van der Waals surface area contributed by atoms with Gasteiger partial charge in [0.15, 0.2) is 11.6 Å². The molecule has 0 amide bonds. The topological polar surface area (TPSA) is 73.0 Å². The molecule has 3 aromatic rings. The molecule has 1 N–H and O–H groups in total. The Morgan fingerprint density at radius 3 is 2.81 bits per heavy atom. The smallest absolute Gasteiger partial charge is 0.161 e. The number of nitrogens with zero attached hydrogens (tertiary/aromatic N) is 3. The zero-order valence-corrected chi connectivity index (χ0v) is 15.3. The lowest BCUT2D eigenvalue weighted by Gasteiger charge is -2.31. The maximum atomic E-state index is 12.8. The lowest BCUT2D eigenvalue weighted by Crippen LogP contribution is -2.27. The minimum absolute atomic E-state index is 0.193. The summed E-state index contributed by atoms with van der Waals surface area (Å²) in [5, 5.41) is 8.24. The molecule has 136 valence electrons. The Morgan fingerprint density at radius 1 is 1.19 bits per heavy atom. The fourth-order valence-electron chi connectivity index (χ4n) is 4.16. The molecule has 1 atom stereocenters. The van der Waals surface area contributed by atoms with E-state index in [2.05, 4.69) is 10.3 Å². The van der Waals surface area contributed by atoms with Crippen molar-refractivity contribution in [1.29, 1.82) is 0 Å². The molecule has 1 aliphatic heterocycles. The van der Waals surface area contributed by atoms with Gasteiger partial charge in [0.2, 0.25) is 0 Å². The van der Waals surface area contributed by atoms with E-state index in [1.54, 1.807) is 6.20 Å². The first-order chi connectivity index (χ1) is 13.1. The lowest BCUT2D eigenvalue weighted by molar-refractivity contribution is -0.116. The van der Waals surface area contributed by atoms with E-state index in [-0.39, 0.29) is 11.7 Å². The van der Waals surface area contributed by atoms with Gasteiger partial charge in [-0.15, -0.1) is 0 Å². The number of carbonyl (C=O) groups excluding carboxylic acids is 1. The zero-order valence-electron chi connectivity index (χ0n) is 15.3. The minimum atomic E-state index is -0.227. The van der Waals surface area contributed by atoms with E-state index in [4.69, 9.17) is 9.52 Å². The highest BCUT2D eigenvalue weighted by Gasteiger charge is 2.40. The molecule has 6 heteroatoms. The average Bonchev–Trinajstić information content (AvgIpc) is 3.25. The van der Waals surface area contributed by atoms with Crippen LogP contribution in [-0.4, -0.2) is 20.5 Å². The number of hydrogen-bond donors (Lipinski definition) is 1. The molecule has 0 saturated carbocycles. The zero-order chi connectivity index (χ0) is 18.5. The van der Waals surface area contributed by atoms with Gasteiger partial charge in [0.05, 0.1) is 11.6 Å². The van der Waals surface area contributed by atoms with Crippen molar-refractivity contribution in [1.82, 2.24) is 14.8 Å². The van der Waals surface area contributed by atoms with Gasteiger partial charge >= 0.3 is 0 Å². The van der Waals surface area contributed by atoms with E-state index in [0.29, 0.717) is 6.42 Å². The third-order valence-corrected chi connectivity index (χ3v) is 5.32. The molecule has 2 aliphatic rings. The number of Topliss-reactive ketones (excluding diaryl/α,β-unsaturated/α-hetero) is 1. The standard InChI is InChI=1S/C21H20N4O2/c1-12-9-10-16(27-12)20-18-13(2)24-25(17-8-3-4-11-22-17)21(18)23-14-6-5-7-15(26)19(14)20/h3-4,8-11,20,23H,5-7H2,1-2H3. The molecule has 0 radical (unpaired) electrons. The number of allylic oxidation sites excluding steroid dienone is 2. The number of rotatable bonds is 2. The summed E-state index contributed by atoms with van der Waals surface area (Å²) in [6.07, 6.45) is 4.05. The van der Waals surface area contributed by atoms with E-state index in [1.165, 1.54) is 0 Å². The molecule has 1 unspecified atom stereocenters. The van der Waals surface area contributed by atoms with Gasteiger partial charge in [0, 0.05) is 29.5 Å². The second-order valence-corrected chi connectivity index (χ2v) is 7.12. The van der Waals surface area contributed by atoms with Crippen molar-refractivity contribution in [2.24, 2.45) is 0 Å². The summed E-state index contributed by atoms with van der Waals surface area (Å²) in [7, 11) is 0. The van der Waals surface area contributed by atoms with E-state index in [9.17, 15) is 4.79 Å². The first-order valence-corrected chi connectivity index (χ1v) is 9.24. The summed E-state index contributed by atoms with van der Waals surface area (Å²) >= 11 is 0. The van der Waals surface area contributed by atoms with E-state index >= 15 is 0 Å². The minimum Gasteiger partial charge on any atom is -0.465 e. The van der Waals surface area contributed by atoms with Gasteiger partial charge in [-0.25, -0.2) is 4.98 Å². The van der Waals surface area contributed by atoms with Crippen molar-refractivity contribution in [3.05, 3.63) is 70.6 Å². The number of ketones is 1. The highest BCUT2D eigenvalue weighted by atomic mass is 16.3. The van der Waals surface area contributed by atoms with Crippen LogP contribution in [0.1, 0.15) is 48.0 Å². The number of aromatic nitrogens is 3. The summed E-state index contributed by atoms with van der Waals surface area (Å²) in [5.41, 5.74) is 3.66. The predicted octanol–water partition coefficient (Wildman–Crippen LogP) is 4.04. The molecule has 0 fully saturated rings. The number of pyridine rings is 1. The number of furan rings is 1. The third-order valence-electron chi connectivity index (χ3n) is 5.32. The monoisotopic (exact) mass is 360 g/mol. The van der Waals surface area contributed by atoms with Gasteiger partial charge in [0.25, 0.3) is 0 Å². The van der Waals surface area contributed by atoms with Crippen LogP contribution in [0.4, 0.5) is 5.82 Å². The number of nitrogens with one attached hydrogen (secondary N) is 1. The van der Waals surface area contributed by atoms with Gasteiger partial charge in [-0.1, -0.05) is 6.07 Å². The first kappa shape index (κ1) is 16.1. The average molecular weight is 360 g/mol. The second kappa shape index (κ2) is 5.94. The molecule has 6 nitrogen and oxygen atoms in total. The van der Waals surface area contributed by atoms with Crippen molar-refractivity contribution in [2.45, 2.75) is 39.0 Å². The van der Waals surface area contributed by atoms with Crippen molar-refractivity contribution >= 4 is 11.6 Å². The maximum Gasteiger partial charge on any atom is 0.161 e. The summed E-state index contributed by atoms with van der Waals surface area (Å²) < 4.78 is 7.81. The molecule has 0 saturated heterocycles. The van der Waals surface area contributed by atoms with Gasteiger partial charge in [-0.2, -0.15) is 9.78 Å². The molecule has 5 rings (SSSR count). The molecule has 27 heavy (non-hydrogen) atoms. The summed E-state index contributed by atoms with van der Waals surface area (Å²) in [5.74, 6) is 3.22. The number of hydrogen-bond acceptors (Lipinski definition) is 5. The molecule has 0 aromatic carbocycles. The van der Waals surface area contributed by atoms with Crippen molar-refractivity contribution in [3.8, 4) is 5.82 Å². The van der Waals surface area contributed by atoms with Crippen LogP contribution in [0.25, 0.3) is 5.82 Å². The first-order valence-electron chi connectivity index (χ1n) is 9.24. The van der Waals surface area contributed by atoms with E-state index in [1.807, 2.05) is 48.9 Å². The number of carbonyl (C=O) groups is 1. The fourth-order valence-corrected chi connectivity index (χ4v) is 4.16. The lowest BCUT2D eigenvalue weighted by atomic mass is 9.78. The Hall–Kier alpha value is -3.15. The van der Waals surface area contributed by atoms with Crippen LogP contribution in [0.15, 0.2) is 52.2 Å². The molecular formula is C21H20N4O2. The molecular weight excluding hydrogens is 340 g/mol. The van der Waals surface area contributed by atoms with E-state index < -0.39 is 0 Å².